The van der Waals surface area contributed by atoms with Gasteiger partial charge in [-0.25, -0.2) is 4.98 Å². The van der Waals surface area contributed by atoms with Gasteiger partial charge >= 0.3 is 0 Å². The van der Waals surface area contributed by atoms with Crippen LogP contribution in [0.4, 0.5) is 17.3 Å². The van der Waals surface area contributed by atoms with Crippen LogP contribution in [0.3, 0.4) is 0 Å². The van der Waals surface area contributed by atoms with Gasteiger partial charge in [0.1, 0.15) is 29.7 Å². The van der Waals surface area contributed by atoms with Gasteiger partial charge in [0, 0.05) is 26.1 Å². The second-order valence-electron chi connectivity index (χ2n) is 7.74. The third kappa shape index (κ3) is 4.11. The number of carbonyl (C=O) groups excluding carboxylic acids is 1. The van der Waals surface area contributed by atoms with Gasteiger partial charge in [-0.3, -0.25) is 28.7 Å². The minimum atomic E-state index is -1.40. The van der Waals surface area contributed by atoms with Crippen molar-refractivity contribution in [2.45, 2.75) is 37.9 Å². The Labute approximate surface area is 190 Å². The van der Waals surface area contributed by atoms with E-state index in [2.05, 4.69) is 30.9 Å². The molecule has 3 heterocycles. The predicted octanol–water partition coefficient (Wildman–Crippen LogP) is -3.03. The van der Waals surface area contributed by atoms with Gasteiger partial charge in [0.2, 0.25) is 11.9 Å². The number of aromatic amines is 1. The van der Waals surface area contributed by atoms with Crippen molar-refractivity contribution >= 4 is 34.4 Å². The third-order valence-electron chi connectivity index (χ3n) is 5.52. The first-order chi connectivity index (χ1) is 16.2. The molecule has 0 radical (unpaired) electrons. The van der Waals surface area contributed by atoms with Gasteiger partial charge in [-0.2, -0.15) is 4.98 Å². The summed E-state index contributed by atoms with van der Waals surface area (Å²) < 4.78 is 7.03. The first kappa shape index (κ1) is 23.3. The summed E-state index contributed by atoms with van der Waals surface area (Å²) in [6, 6.07) is 0. The molecule has 34 heavy (non-hydrogen) atoms. The molecule has 1 aromatic carbocycles. The number of rotatable bonds is 9. The number of aromatic nitrogens is 4. The summed E-state index contributed by atoms with van der Waals surface area (Å²) in [5.41, 5.74) is 3.72. The van der Waals surface area contributed by atoms with E-state index in [1.165, 1.54) is 10.9 Å². The number of amides is 1. The van der Waals surface area contributed by atoms with Crippen LogP contribution < -0.4 is 38.1 Å². The maximum atomic E-state index is 12.0. The summed E-state index contributed by atoms with van der Waals surface area (Å²) in [6.45, 7) is 2.11. The van der Waals surface area contributed by atoms with E-state index in [4.69, 9.17) is 10.5 Å². The zero-order valence-corrected chi connectivity index (χ0v) is 18.1. The molecular weight excluding hydrogens is 452 g/mol. The number of hydrogen-bond donors (Lipinski definition) is 7. The Bertz CT molecular complexity index is 1340. The molecule has 15 heteroatoms. The van der Waals surface area contributed by atoms with Crippen molar-refractivity contribution in [1.29, 1.82) is 0 Å². The van der Waals surface area contributed by atoms with Gasteiger partial charge < -0.3 is 36.6 Å². The monoisotopic (exact) mass is 476 g/mol. The maximum absolute atomic E-state index is 12.0. The minimum Gasteiger partial charge on any atom is -0.387 e. The summed E-state index contributed by atoms with van der Waals surface area (Å²) >= 11 is 0. The second-order valence-corrected chi connectivity index (χ2v) is 7.74. The number of nitrogen functional groups attached to an aromatic ring is 1. The highest BCUT2D eigenvalue weighted by Crippen LogP contribution is 2.31. The van der Waals surface area contributed by atoms with Crippen LogP contribution in [-0.2, 0) is 9.53 Å². The minimum absolute atomic E-state index is 0.0179. The Morgan fingerprint density at radius 2 is 1.88 bits per heavy atom. The van der Waals surface area contributed by atoms with Gasteiger partial charge in [-0.05, 0) is 0 Å². The summed E-state index contributed by atoms with van der Waals surface area (Å²) in [6.07, 6.45) is -3.30. The lowest BCUT2D eigenvalue weighted by Gasteiger charge is -2.19. The molecule has 2 aromatic heterocycles. The SMILES string of the molecule is CCC(=O)NCCNc1c(NC[C@H]2O[C@H](n3cnc4c(=O)[nH]c(N)nc43)[C@H](O)[C@@H]2O)c(=O)c1=O. The number of nitrogens with two attached hydrogens (primary N) is 1. The smallest absolute Gasteiger partial charge is 0.280 e. The van der Waals surface area contributed by atoms with Gasteiger partial charge in [0.15, 0.2) is 17.4 Å². The number of imidazole rings is 1. The number of nitrogens with one attached hydrogen (secondary N) is 4. The number of hydrogen-bond acceptors (Lipinski definition) is 12. The summed E-state index contributed by atoms with van der Waals surface area (Å²) in [7, 11) is 0. The molecule has 0 spiro atoms. The van der Waals surface area contributed by atoms with Gasteiger partial charge in [0.05, 0.1) is 6.33 Å². The Balaban J connectivity index is 1.42. The van der Waals surface area contributed by atoms with E-state index >= 15 is 0 Å². The van der Waals surface area contributed by atoms with E-state index < -0.39 is 41.0 Å². The molecule has 1 saturated heterocycles. The quantitative estimate of drug-likeness (QED) is 0.121. The zero-order valence-electron chi connectivity index (χ0n) is 18.1. The number of fused-ring (bicyclic) bond motifs is 1. The highest BCUT2D eigenvalue weighted by Gasteiger charge is 2.44. The van der Waals surface area contributed by atoms with E-state index in [1.807, 2.05) is 0 Å². The maximum Gasteiger partial charge on any atom is 0.280 e. The molecule has 182 valence electrons. The molecule has 4 atom stereocenters. The van der Waals surface area contributed by atoms with E-state index in [0.29, 0.717) is 6.42 Å². The highest BCUT2D eigenvalue weighted by molar-refractivity contribution is 5.76. The molecule has 0 unspecified atom stereocenters. The Hall–Kier alpha value is -3.82. The van der Waals surface area contributed by atoms with Crippen molar-refractivity contribution in [3.05, 3.63) is 37.1 Å². The zero-order chi connectivity index (χ0) is 24.6. The Kier molecular flexibility index (Phi) is 6.32. The van der Waals surface area contributed by atoms with Crippen molar-refractivity contribution in [3.63, 3.8) is 0 Å². The normalized spacial score (nSPS) is 22.3. The number of nitrogens with zero attached hydrogens (tertiary/aromatic N) is 3. The molecule has 1 amide bonds. The van der Waals surface area contributed by atoms with Crippen molar-refractivity contribution in [2.75, 3.05) is 36.0 Å². The third-order valence-corrected chi connectivity index (χ3v) is 5.52. The van der Waals surface area contributed by atoms with Gasteiger partial charge in [0.25, 0.3) is 16.4 Å². The first-order valence-electron chi connectivity index (χ1n) is 10.5. The number of carbonyl (C=O) groups is 1. The molecule has 15 nitrogen and oxygen atoms in total. The van der Waals surface area contributed by atoms with E-state index in [9.17, 15) is 29.4 Å². The second kappa shape index (κ2) is 9.20. The molecule has 4 rings (SSSR count). The van der Waals surface area contributed by atoms with Crippen molar-refractivity contribution < 1.29 is 19.7 Å². The van der Waals surface area contributed by atoms with Crippen LogP contribution in [0, 0.1) is 0 Å². The number of H-pyrrole nitrogens is 1. The fourth-order valence-electron chi connectivity index (χ4n) is 3.70. The average molecular weight is 476 g/mol. The molecule has 8 N–H and O–H groups in total. The van der Waals surface area contributed by atoms with Crippen LogP contribution in [0.15, 0.2) is 20.7 Å². The van der Waals surface area contributed by atoms with Crippen LogP contribution in [0.1, 0.15) is 19.6 Å². The van der Waals surface area contributed by atoms with Gasteiger partial charge in [-0.1, -0.05) is 6.92 Å². The number of ether oxygens (including phenoxy) is 1. The van der Waals surface area contributed by atoms with Crippen LogP contribution >= 0.6 is 0 Å². The van der Waals surface area contributed by atoms with Crippen molar-refractivity contribution in [1.82, 2.24) is 24.8 Å². The Morgan fingerprint density at radius 3 is 2.59 bits per heavy atom. The standard InChI is InChI=1S/C19H24N8O7/c1-2-8(28)21-3-4-22-9-10(14(31)13(9)30)23-5-7-12(29)15(32)18(34-7)27-6-24-11-16(27)25-19(20)26-17(11)33/h6-7,12,15,18,22-23,29,32H,2-5H2,1H3,(H,21,28)(H3,20,25,26,33)/t7-,12-,15-,18+/m1/s1. The molecule has 0 aliphatic carbocycles. The van der Waals surface area contributed by atoms with Crippen LogP contribution in [0.2, 0.25) is 0 Å². The van der Waals surface area contributed by atoms with Crippen molar-refractivity contribution in [2.24, 2.45) is 0 Å². The van der Waals surface area contributed by atoms with Crippen LogP contribution in [0.5, 0.6) is 0 Å². The summed E-state index contributed by atoms with van der Waals surface area (Å²) in [4.78, 5) is 57.4. The molecule has 0 saturated carbocycles. The number of anilines is 3. The largest absolute Gasteiger partial charge is 0.387 e. The van der Waals surface area contributed by atoms with Crippen LogP contribution in [-0.4, -0.2) is 73.6 Å². The highest BCUT2D eigenvalue weighted by atomic mass is 16.6. The molecule has 0 bridgehead atoms. The number of aliphatic hydroxyl groups is 2. The summed E-state index contributed by atoms with van der Waals surface area (Å²) in [5.74, 6) is -0.293. The van der Waals surface area contributed by atoms with E-state index in [1.54, 1.807) is 6.92 Å². The Morgan fingerprint density at radius 1 is 1.18 bits per heavy atom. The van der Waals surface area contributed by atoms with E-state index in [-0.39, 0.29) is 54.0 Å². The van der Waals surface area contributed by atoms with Crippen molar-refractivity contribution in [3.8, 4) is 0 Å². The summed E-state index contributed by atoms with van der Waals surface area (Å²) in [5, 5.41) is 29.2. The molecule has 1 aliphatic rings. The lowest BCUT2D eigenvalue weighted by atomic mass is 10.1. The molecule has 3 aromatic rings. The van der Waals surface area contributed by atoms with E-state index in [0.717, 1.165) is 0 Å². The lowest BCUT2D eigenvalue weighted by Crippen LogP contribution is -2.41. The number of aliphatic hydroxyl groups excluding tert-OH is 2. The molecular formula is C19H24N8O7. The molecule has 1 aliphatic heterocycles. The fourth-order valence-corrected chi connectivity index (χ4v) is 3.70. The van der Waals surface area contributed by atoms with Crippen LogP contribution in [0.25, 0.3) is 11.2 Å². The fraction of sp³-hybridized carbons (Fsp3) is 0.474. The first-order valence-corrected chi connectivity index (χ1v) is 10.5. The molecule has 1 fully saturated rings. The van der Waals surface area contributed by atoms with Gasteiger partial charge in [-0.15, -0.1) is 0 Å². The topological polar surface area (TPSA) is 227 Å². The average Bonchev–Trinajstić information content (AvgIpc) is 3.35. The lowest BCUT2D eigenvalue weighted by molar-refractivity contribution is -0.120. The predicted molar refractivity (Wildman–Crippen MR) is 120 cm³/mol.